The number of hydrogen-bond donors (Lipinski definition) is 2. The second kappa shape index (κ2) is 5.13. The molecule has 1 atom stereocenters. The van der Waals surface area contributed by atoms with Crippen molar-refractivity contribution < 1.29 is 5.11 Å². The molecule has 2 nitrogen and oxygen atoms in total. The molecule has 1 aromatic rings. The van der Waals surface area contributed by atoms with Crippen molar-refractivity contribution in [3.05, 3.63) is 34.9 Å². The normalized spacial score (nSPS) is 12.9. The van der Waals surface area contributed by atoms with Crippen LogP contribution >= 0.6 is 0 Å². The number of rotatable bonds is 4. The van der Waals surface area contributed by atoms with Crippen LogP contribution in [0.5, 0.6) is 0 Å². The van der Waals surface area contributed by atoms with Gasteiger partial charge in [-0.05, 0) is 37.6 Å². The number of benzene rings is 1. The topological polar surface area (TPSA) is 32.3 Å². The van der Waals surface area contributed by atoms with Gasteiger partial charge in [-0.2, -0.15) is 0 Å². The van der Waals surface area contributed by atoms with Crippen LogP contribution in [-0.2, 0) is 0 Å². The van der Waals surface area contributed by atoms with Crippen LogP contribution < -0.4 is 5.32 Å². The Bertz CT molecular complexity index is 296. The fourth-order valence-corrected chi connectivity index (χ4v) is 1.55. The highest BCUT2D eigenvalue weighted by molar-refractivity contribution is 5.32. The summed E-state index contributed by atoms with van der Waals surface area (Å²) in [6.07, 6.45) is 0. The predicted octanol–water partition coefficient (Wildman–Crippen LogP) is 1.60. The lowest BCUT2D eigenvalue weighted by atomic mass is 9.96. The number of aliphatic hydroxyl groups is 1. The molecule has 2 heteroatoms. The van der Waals surface area contributed by atoms with Gasteiger partial charge in [-0.15, -0.1) is 0 Å². The van der Waals surface area contributed by atoms with Crippen LogP contribution in [0.15, 0.2) is 18.2 Å². The van der Waals surface area contributed by atoms with E-state index in [1.54, 1.807) is 0 Å². The Hall–Kier alpha value is -0.860. The SMILES string of the molecule is CNCC(CO)c1ccc(C)c(C)c1. The lowest BCUT2D eigenvalue weighted by molar-refractivity contribution is 0.263. The van der Waals surface area contributed by atoms with Gasteiger partial charge in [0.15, 0.2) is 0 Å². The van der Waals surface area contributed by atoms with Crippen molar-refractivity contribution in [1.82, 2.24) is 5.32 Å². The summed E-state index contributed by atoms with van der Waals surface area (Å²) in [4.78, 5) is 0. The van der Waals surface area contributed by atoms with Gasteiger partial charge in [0.1, 0.15) is 0 Å². The van der Waals surface area contributed by atoms with E-state index in [-0.39, 0.29) is 12.5 Å². The molecule has 1 aromatic carbocycles. The molecule has 0 aliphatic carbocycles. The smallest absolute Gasteiger partial charge is 0.0511 e. The Kier molecular flexibility index (Phi) is 4.11. The van der Waals surface area contributed by atoms with E-state index in [9.17, 15) is 5.11 Å². The number of hydrogen-bond acceptors (Lipinski definition) is 2. The zero-order valence-corrected chi connectivity index (χ0v) is 9.17. The van der Waals surface area contributed by atoms with Gasteiger partial charge in [0, 0.05) is 12.5 Å². The van der Waals surface area contributed by atoms with Crippen LogP contribution in [0.25, 0.3) is 0 Å². The molecule has 0 amide bonds. The second-order valence-electron chi connectivity index (χ2n) is 3.78. The zero-order chi connectivity index (χ0) is 10.6. The summed E-state index contributed by atoms with van der Waals surface area (Å²) >= 11 is 0. The molecule has 0 bridgehead atoms. The summed E-state index contributed by atoms with van der Waals surface area (Å²) in [5, 5.41) is 12.3. The van der Waals surface area contributed by atoms with Crippen molar-refractivity contribution in [2.75, 3.05) is 20.2 Å². The lowest BCUT2D eigenvalue weighted by Gasteiger charge is -2.15. The monoisotopic (exact) mass is 193 g/mol. The molecule has 0 fully saturated rings. The quantitative estimate of drug-likeness (QED) is 0.761. The van der Waals surface area contributed by atoms with Crippen LogP contribution in [0.3, 0.4) is 0 Å². The molecule has 0 radical (unpaired) electrons. The van der Waals surface area contributed by atoms with Gasteiger partial charge in [-0.1, -0.05) is 18.2 Å². The molecule has 0 spiro atoms. The summed E-state index contributed by atoms with van der Waals surface area (Å²) in [5.74, 6) is 0.208. The maximum Gasteiger partial charge on any atom is 0.0511 e. The summed E-state index contributed by atoms with van der Waals surface area (Å²) < 4.78 is 0. The minimum atomic E-state index is 0.198. The van der Waals surface area contributed by atoms with E-state index in [1.807, 2.05) is 7.05 Å². The maximum absolute atomic E-state index is 9.23. The van der Waals surface area contributed by atoms with Crippen LogP contribution in [0.2, 0.25) is 0 Å². The van der Waals surface area contributed by atoms with Gasteiger partial charge in [0.05, 0.1) is 6.61 Å². The first-order valence-electron chi connectivity index (χ1n) is 5.01. The average Bonchev–Trinajstić information content (AvgIpc) is 2.19. The van der Waals surface area contributed by atoms with E-state index < -0.39 is 0 Å². The molecule has 0 saturated heterocycles. The van der Waals surface area contributed by atoms with E-state index in [4.69, 9.17) is 0 Å². The number of nitrogens with one attached hydrogen (secondary N) is 1. The van der Waals surface area contributed by atoms with Crippen LogP contribution in [-0.4, -0.2) is 25.3 Å². The fraction of sp³-hybridized carbons (Fsp3) is 0.500. The first-order chi connectivity index (χ1) is 6.69. The van der Waals surface area contributed by atoms with E-state index in [2.05, 4.69) is 37.4 Å². The average molecular weight is 193 g/mol. The van der Waals surface area contributed by atoms with E-state index in [0.29, 0.717) is 0 Å². The van der Waals surface area contributed by atoms with E-state index >= 15 is 0 Å². The van der Waals surface area contributed by atoms with Crippen molar-refractivity contribution in [3.8, 4) is 0 Å². The summed E-state index contributed by atoms with van der Waals surface area (Å²) in [5.41, 5.74) is 3.80. The Morgan fingerprint density at radius 3 is 2.50 bits per heavy atom. The zero-order valence-electron chi connectivity index (χ0n) is 9.17. The third-order valence-corrected chi connectivity index (χ3v) is 2.67. The lowest BCUT2D eigenvalue weighted by Crippen LogP contribution is -2.20. The summed E-state index contributed by atoms with van der Waals surface area (Å²) in [6, 6.07) is 6.37. The molecule has 0 aromatic heterocycles. The minimum Gasteiger partial charge on any atom is -0.396 e. The second-order valence-corrected chi connectivity index (χ2v) is 3.78. The molecular formula is C12H19NO. The Morgan fingerprint density at radius 2 is 2.00 bits per heavy atom. The standard InChI is InChI=1S/C12H19NO/c1-9-4-5-11(6-10(9)2)12(8-14)7-13-3/h4-6,12-14H,7-8H2,1-3H3. The summed E-state index contributed by atoms with van der Waals surface area (Å²) in [7, 11) is 1.91. The van der Waals surface area contributed by atoms with Gasteiger partial charge in [0.25, 0.3) is 0 Å². The number of aliphatic hydroxyl groups excluding tert-OH is 1. The third-order valence-electron chi connectivity index (χ3n) is 2.67. The van der Waals surface area contributed by atoms with Crippen molar-refractivity contribution in [1.29, 1.82) is 0 Å². The van der Waals surface area contributed by atoms with Crippen molar-refractivity contribution in [3.63, 3.8) is 0 Å². The molecule has 14 heavy (non-hydrogen) atoms. The third kappa shape index (κ3) is 2.56. The molecule has 0 aliphatic rings. The molecule has 78 valence electrons. The molecule has 0 saturated carbocycles. The Morgan fingerprint density at radius 1 is 1.29 bits per heavy atom. The van der Waals surface area contributed by atoms with Gasteiger partial charge in [-0.25, -0.2) is 0 Å². The fourth-order valence-electron chi connectivity index (χ4n) is 1.55. The van der Waals surface area contributed by atoms with Gasteiger partial charge >= 0.3 is 0 Å². The van der Waals surface area contributed by atoms with Gasteiger partial charge in [-0.3, -0.25) is 0 Å². The molecule has 0 aliphatic heterocycles. The largest absolute Gasteiger partial charge is 0.396 e. The molecular weight excluding hydrogens is 174 g/mol. The number of aryl methyl sites for hydroxylation is 2. The van der Waals surface area contributed by atoms with Crippen molar-refractivity contribution >= 4 is 0 Å². The highest BCUT2D eigenvalue weighted by Gasteiger charge is 2.09. The molecule has 0 heterocycles. The van der Waals surface area contributed by atoms with Gasteiger partial charge in [0.2, 0.25) is 0 Å². The molecule has 2 N–H and O–H groups in total. The Labute approximate surface area is 86.0 Å². The van der Waals surface area contributed by atoms with E-state index in [1.165, 1.54) is 16.7 Å². The summed E-state index contributed by atoms with van der Waals surface area (Å²) in [6.45, 7) is 5.22. The first kappa shape index (κ1) is 11.2. The highest BCUT2D eigenvalue weighted by atomic mass is 16.3. The molecule has 1 rings (SSSR count). The van der Waals surface area contributed by atoms with Crippen LogP contribution in [0.1, 0.15) is 22.6 Å². The van der Waals surface area contributed by atoms with Crippen LogP contribution in [0.4, 0.5) is 0 Å². The highest BCUT2D eigenvalue weighted by Crippen LogP contribution is 2.18. The molecule has 1 unspecified atom stereocenters. The number of likely N-dealkylation sites (N-methyl/N-ethyl adjacent to an activating group) is 1. The van der Waals surface area contributed by atoms with Gasteiger partial charge < -0.3 is 10.4 Å². The first-order valence-corrected chi connectivity index (χ1v) is 5.01. The van der Waals surface area contributed by atoms with Crippen LogP contribution in [0, 0.1) is 13.8 Å². The van der Waals surface area contributed by atoms with Crippen molar-refractivity contribution in [2.45, 2.75) is 19.8 Å². The Balaban J connectivity index is 2.88. The minimum absolute atomic E-state index is 0.198. The van der Waals surface area contributed by atoms with Crippen molar-refractivity contribution in [2.24, 2.45) is 0 Å². The van der Waals surface area contributed by atoms with E-state index in [0.717, 1.165) is 6.54 Å². The maximum atomic E-state index is 9.23. The predicted molar refractivity (Wildman–Crippen MR) is 59.7 cm³/mol.